The molecule has 5 N–H and O–H groups in total. The molecule has 0 aromatic rings. The molecule has 0 saturated heterocycles. The molecular weight excluding hydrogens is 202 g/mol. The van der Waals surface area contributed by atoms with Gasteiger partial charge in [-0.05, 0) is 0 Å². The van der Waals surface area contributed by atoms with Crippen LogP contribution in [-0.4, -0.2) is 57.8 Å². The molecule has 90 valence electrons. The van der Waals surface area contributed by atoms with Crippen LogP contribution in [0.4, 0.5) is 0 Å². The first-order chi connectivity index (χ1) is 7.01. The first kappa shape index (κ1) is 14.3. The summed E-state index contributed by atoms with van der Waals surface area (Å²) in [5.41, 5.74) is 0. The fourth-order valence-electron chi connectivity index (χ4n) is 0.997. The van der Waals surface area contributed by atoms with E-state index in [9.17, 15) is 15.0 Å². The second kappa shape index (κ2) is 7.58. The maximum absolute atomic E-state index is 10.8. The molecule has 0 fully saturated rings. The number of aliphatic hydroxyl groups excluding tert-OH is 4. The molecule has 0 rings (SSSR count). The molecular formula is C9H19NO5. The van der Waals surface area contributed by atoms with Crippen LogP contribution in [0.1, 0.15) is 19.8 Å². The van der Waals surface area contributed by atoms with E-state index in [0.29, 0.717) is 6.42 Å². The van der Waals surface area contributed by atoms with Crippen molar-refractivity contribution >= 4 is 5.91 Å². The van der Waals surface area contributed by atoms with Crippen molar-refractivity contribution in [2.45, 2.75) is 38.1 Å². The highest BCUT2D eigenvalue weighted by Gasteiger charge is 2.19. The maximum Gasteiger partial charge on any atom is 0.219 e. The van der Waals surface area contributed by atoms with E-state index in [1.165, 1.54) is 0 Å². The molecule has 0 bridgehead atoms. The van der Waals surface area contributed by atoms with Crippen LogP contribution in [-0.2, 0) is 4.79 Å². The molecule has 0 aromatic carbocycles. The lowest BCUT2D eigenvalue weighted by atomic mass is 10.1. The quantitative estimate of drug-likeness (QED) is 0.341. The number of aliphatic hydroxyl groups is 4. The molecule has 0 heterocycles. The molecule has 0 aromatic heterocycles. The summed E-state index contributed by atoms with van der Waals surface area (Å²) in [6.07, 6.45) is -3.15. The van der Waals surface area contributed by atoms with Crippen molar-refractivity contribution < 1.29 is 25.2 Å². The summed E-state index contributed by atoms with van der Waals surface area (Å²) in [6.45, 7) is 1.16. The number of amides is 1. The van der Waals surface area contributed by atoms with Crippen LogP contribution in [0.5, 0.6) is 0 Å². The Morgan fingerprint density at radius 2 is 1.87 bits per heavy atom. The van der Waals surface area contributed by atoms with Crippen LogP contribution >= 0.6 is 0 Å². The summed E-state index contributed by atoms with van der Waals surface area (Å²) < 4.78 is 0. The van der Waals surface area contributed by atoms with E-state index in [-0.39, 0.29) is 18.9 Å². The van der Waals surface area contributed by atoms with Gasteiger partial charge in [-0.25, -0.2) is 0 Å². The lowest BCUT2D eigenvalue weighted by molar-refractivity contribution is -0.121. The Morgan fingerprint density at radius 1 is 1.27 bits per heavy atom. The van der Waals surface area contributed by atoms with Gasteiger partial charge in [0.2, 0.25) is 5.91 Å². The first-order valence-corrected chi connectivity index (χ1v) is 4.93. The standard InChI is InChI=1S/C9H19NO5/c1-2-9(15)10-4-6(12)3-7(13)8(14)5-11/h6-8,11-14H,2-5H2,1H3,(H,10,15)/t6-,7+,8-/m1/s1. The SMILES string of the molecule is CCC(=O)NC[C@H](O)C[C@H](O)[C@H](O)CO. The molecule has 0 unspecified atom stereocenters. The topological polar surface area (TPSA) is 110 Å². The van der Waals surface area contributed by atoms with Crippen molar-refractivity contribution in [1.82, 2.24) is 5.32 Å². The van der Waals surface area contributed by atoms with Crippen LogP contribution in [0.3, 0.4) is 0 Å². The Hall–Kier alpha value is -0.690. The van der Waals surface area contributed by atoms with Crippen LogP contribution in [0.2, 0.25) is 0 Å². The molecule has 0 aliphatic rings. The van der Waals surface area contributed by atoms with E-state index in [0.717, 1.165) is 0 Å². The minimum Gasteiger partial charge on any atom is -0.394 e. The predicted octanol–water partition coefficient (Wildman–Crippen LogP) is -2.02. The van der Waals surface area contributed by atoms with E-state index in [1.54, 1.807) is 6.92 Å². The molecule has 3 atom stereocenters. The molecule has 0 aliphatic heterocycles. The maximum atomic E-state index is 10.8. The summed E-state index contributed by atoms with van der Waals surface area (Å²) in [6, 6.07) is 0. The van der Waals surface area contributed by atoms with Gasteiger partial charge in [-0.15, -0.1) is 0 Å². The van der Waals surface area contributed by atoms with Crippen molar-refractivity contribution in [2.75, 3.05) is 13.2 Å². The summed E-state index contributed by atoms with van der Waals surface area (Å²) in [7, 11) is 0. The number of rotatable bonds is 7. The van der Waals surface area contributed by atoms with Gasteiger partial charge in [0, 0.05) is 19.4 Å². The van der Waals surface area contributed by atoms with Gasteiger partial charge < -0.3 is 25.7 Å². The third-order valence-corrected chi connectivity index (χ3v) is 2.00. The monoisotopic (exact) mass is 221 g/mol. The van der Waals surface area contributed by atoms with E-state index in [4.69, 9.17) is 10.2 Å². The van der Waals surface area contributed by atoms with Gasteiger partial charge in [-0.3, -0.25) is 4.79 Å². The van der Waals surface area contributed by atoms with E-state index in [1.807, 2.05) is 0 Å². The molecule has 6 nitrogen and oxygen atoms in total. The second-order valence-electron chi connectivity index (χ2n) is 3.36. The third-order valence-electron chi connectivity index (χ3n) is 2.00. The fraction of sp³-hybridized carbons (Fsp3) is 0.889. The Morgan fingerprint density at radius 3 is 2.33 bits per heavy atom. The minimum atomic E-state index is -1.26. The normalized spacial score (nSPS) is 16.9. The van der Waals surface area contributed by atoms with E-state index < -0.39 is 24.9 Å². The molecule has 0 spiro atoms. The second-order valence-corrected chi connectivity index (χ2v) is 3.36. The van der Waals surface area contributed by atoms with Crippen LogP contribution in [0.15, 0.2) is 0 Å². The van der Waals surface area contributed by atoms with Crippen molar-refractivity contribution in [2.24, 2.45) is 0 Å². The molecule has 0 aliphatic carbocycles. The number of hydrogen-bond donors (Lipinski definition) is 5. The van der Waals surface area contributed by atoms with Crippen molar-refractivity contribution in [3.05, 3.63) is 0 Å². The highest BCUT2D eigenvalue weighted by Crippen LogP contribution is 2.02. The summed E-state index contributed by atoms with van der Waals surface area (Å²) in [4.78, 5) is 10.8. The lowest BCUT2D eigenvalue weighted by Crippen LogP contribution is -2.38. The molecule has 6 heteroatoms. The fourth-order valence-corrected chi connectivity index (χ4v) is 0.997. The van der Waals surface area contributed by atoms with Crippen LogP contribution in [0.25, 0.3) is 0 Å². The zero-order valence-electron chi connectivity index (χ0n) is 8.76. The average molecular weight is 221 g/mol. The number of hydrogen-bond acceptors (Lipinski definition) is 5. The van der Waals surface area contributed by atoms with Gasteiger partial charge in [0.1, 0.15) is 6.10 Å². The highest BCUT2D eigenvalue weighted by molar-refractivity contribution is 5.75. The Balaban J connectivity index is 3.73. The number of nitrogens with one attached hydrogen (secondary N) is 1. The Labute approximate surface area is 88.5 Å². The van der Waals surface area contributed by atoms with Gasteiger partial charge in [0.15, 0.2) is 0 Å². The van der Waals surface area contributed by atoms with Crippen molar-refractivity contribution in [1.29, 1.82) is 0 Å². The lowest BCUT2D eigenvalue weighted by Gasteiger charge is -2.19. The third kappa shape index (κ3) is 6.40. The summed E-state index contributed by atoms with van der Waals surface area (Å²) in [5, 5.41) is 38.5. The summed E-state index contributed by atoms with van der Waals surface area (Å²) in [5.74, 6) is -0.189. The van der Waals surface area contributed by atoms with Crippen molar-refractivity contribution in [3.8, 4) is 0 Å². The number of carbonyl (C=O) groups excluding carboxylic acids is 1. The van der Waals surface area contributed by atoms with Crippen LogP contribution in [0, 0.1) is 0 Å². The zero-order chi connectivity index (χ0) is 11.8. The summed E-state index contributed by atoms with van der Waals surface area (Å²) >= 11 is 0. The van der Waals surface area contributed by atoms with E-state index in [2.05, 4.69) is 5.32 Å². The predicted molar refractivity (Wildman–Crippen MR) is 53.0 cm³/mol. The molecule has 15 heavy (non-hydrogen) atoms. The largest absolute Gasteiger partial charge is 0.394 e. The average Bonchev–Trinajstić information content (AvgIpc) is 2.24. The minimum absolute atomic E-state index is 0.0296. The van der Waals surface area contributed by atoms with Gasteiger partial charge in [0.25, 0.3) is 0 Å². The van der Waals surface area contributed by atoms with Gasteiger partial charge >= 0.3 is 0 Å². The smallest absolute Gasteiger partial charge is 0.219 e. The Kier molecular flexibility index (Phi) is 7.23. The zero-order valence-corrected chi connectivity index (χ0v) is 8.76. The van der Waals surface area contributed by atoms with Crippen LogP contribution < -0.4 is 5.32 Å². The Bertz CT molecular complexity index is 187. The molecule has 0 saturated carbocycles. The molecule has 1 amide bonds. The van der Waals surface area contributed by atoms with Gasteiger partial charge in [-0.1, -0.05) is 6.92 Å². The highest BCUT2D eigenvalue weighted by atomic mass is 16.4. The van der Waals surface area contributed by atoms with Gasteiger partial charge in [0.05, 0.1) is 18.8 Å². The van der Waals surface area contributed by atoms with Gasteiger partial charge in [-0.2, -0.15) is 0 Å². The first-order valence-electron chi connectivity index (χ1n) is 4.93. The molecule has 0 radical (unpaired) electrons. The number of carbonyl (C=O) groups is 1. The van der Waals surface area contributed by atoms with E-state index >= 15 is 0 Å². The van der Waals surface area contributed by atoms with Crippen molar-refractivity contribution in [3.63, 3.8) is 0 Å².